The second kappa shape index (κ2) is 9.66. The molecule has 2 aromatic rings. The van der Waals surface area contributed by atoms with Crippen LogP contribution in [0.3, 0.4) is 0 Å². The Labute approximate surface area is 158 Å². The smallest absolute Gasteiger partial charge is 0.326 e. The zero-order chi connectivity index (χ0) is 19.8. The lowest BCUT2D eigenvalue weighted by atomic mass is 10.0. The Hall–Kier alpha value is -2.96. The van der Waals surface area contributed by atoms with Crippen LogP contribution in [0, 0.1) is 0 Å². The van der Waals surface area contributed by atoms with E-state index in [9.17, 15) is 9.59 Å². The molecular weight excluding hydrogens is 346 g/mol. The van der Waals surface area contributed by atoms with Crippen LogP contribution in [-0.2, 0) is 16.0 Å². The van der Waals surface area contributed by atoms with Crippen molar-refractivity contribution in [2.75, 3.05) is 0 Å². The number of benzene rings is 1. The van der Waals surface area contributed by atoms with E-state index in [1.807, 2.05) is 24.3 Å². The molecule has 0 aliphatic rings. The summed E-state index contributed by atoms with van der Waals surface area (Å²) in [6.07, 6.45) is 2.76. The highest BCUT2D eigenvalue weighted by Gasteiger charge is 2.19. The van der Waals surface area contributed by atoms with E-state index in [2.05, 4.69) is 35.9 Å². The Balaban J connectivity index is 1.90. The number of aliphatic carboxylic acids is 1. The zero-order valence-electron chi connectivity index (χ0n) is 15.6. The summed E-state index contributed by atoms with van der Waals surface area (Å²) in [5.41, 5.74) is 2.07. The largest absolute Gasteiger partial charge is 0.480 e. The molecule has 0 bridgehead atoms. The summed E-state index contributed by atoms with van der Waals surface area (Å²) in [5.74, 6) is -0.178. The minimum Gasteiger partial charge on any atom is -0.480 e. The van der Waals surface area contributed by atoms with Crippen LogP contribution < -0.4 is 5.32 Å². The van der Waals surface area contributed by atoms with Gasteiger partial charge in [0, 0.05) is 18.4 Å². The topological polar surface area (TPSA) is 105 Å². The van der Waals surface area contributed by atoms with Crippen LogP contribution in [0.15, 0.2) is 41.4 Å². The van der Waals surface area contributed by atoms with Crippen molar-refractivity contribution in [1.29, 1.82) is 0 Å². The first-order valence-corrected chi connectivity index (χ1v) is 8.96. The van der Waals surface area contributed by atoms with Crippen LogP contribution in [0.25, 0.3) is 11.4 Å². The summed E-state index contributed by atoms with van der Waals surface area (Å²) in [7, 11) is 0. The van der Waals surface area contributed by atoms with Gasteiger partial charge in [-0.05, 0) is 24.3 Å². The standard InChI is InChI=1S/C20H25N3O4/c1-4-5-6-16(20(25)26)21-17(24)11-12-18-22-19(23-27-18)15-9-7-14(8-10-15)13(2)3/h4,7-10,13,16H,1,5-6,11-12H2,2-3H3,(H,21,24)(H,25,26). The second-order valence-electron chi connectivity index (χ2n) is 6.61. The van der Waals surface area contributed by atoms with Gasteiger partial charge in [-0.25, -0.2) is 4.79 Å². The number of carboxylic acid groups (broad SMARTS) is 1. The highest BCUT2D eigenvalue weighted by molar-refractivity contribution is 5.83. The monoisotopic (exact) mass is 371 g/mol. The fourth-order valence-corrected chi connectivity index (χ4v) is 2.52. The zero-order valence-corrected chi connectivity index (χ0v) is 15.6. The van der Waals surface area contributed by atoms with Gasteiger partial charge >= 0.3 is 5.97 Å². The van der Waals surface area contributed by atoms with Gasteiger partial charge < -0.3 is 14.9 Å². The van der Waals surface area contributed by atoms with Gasteiger partial charge in [0.05, 0.1) is 0 Å². The maximum atomic E-state index is 12.0. The van der Waals surface area contributed by atoms with Gasteiger partial charge in [-0.15, -0.1) is 6.58 Å². The molecule has 7 nitrogen and oxygen atoms in total. The molecule has 1 unspecified atom stereocenters. The van der Waals surface area contributed by atoms with Crippen molar-refractivity contribution in [3.63, 3.8) is 0 Å². The molecule has 7 heteroatoms. The molecule has 27 heavy (non-hydrogen) atoms. The Morgan fingerprint density at radius 3 is 2.59 bits per heavy atom. The van der Waals surface area contributed by atoms with E-state index in [0.717, 1.165) is 5.56 Å². The first kappa shape index (κ1) is 20.4. The summed E-state index contributed by atoms with van der Waals surface area (Å²) < 4.78 is 5.19. The van der Waals surface area contributed by atoms with E-state index in [1.165, 1.54) is 5.56 Å². The van der Waals surface area contributed by atoms with E-state index in [1.54, 1.807) is 6.08 Å². The van der Waals surface area contributed by atoms with Crippen LogP contribution in [0.2, 0.25) is 0 Å². The number of carbonyl (C=O) groups excluding carboxylic acids is 1. The van der Waals surface area contributed by atoms with Crippen molar-refractivity contribution in [3.05, 3.63) is 48.4 Å². The lowest BCUT2D eigenvalue weighted by molar-refractivity contribution is -0.142. The summed E-state index contributed by atoms with van der Waals surface area (Å²) in [4.78, 5) is 27.4. The number of amides is 1. The Morgan fingerprint density at radius 2 is 2.00 bits per heavy atom. The Bertz CT molecular complexity index is 781. The van der Waals surface area contributed by atoms with Crippen LogP contribution in [0.5, 0.6) is 0 Å². The Morgan fingerprint density at radius 1 is 1.30 bits per heavy atom. The molecule has 0 saturated carbocycles. The third kappa shape index (κ3) is 6.06. The van der Waals surface area contributed by atoms with Gasteiger partial charge in [-0.3, -0.25) is 4.79 Å². The van der Waals surface area contributed by atoms with Crippen molar-refractivity contribution in [2.24, 2.45) is 0 Å². The molecule has 144 valence electrons. The van der Waals surface area contributed by atoms with E-state index < -0.39 is 12.0 Å². The van der Waals surface area contributed by atoms with Crippen LogP contribution >= 0.6 is 0 Å². The number of aromatic nitrogens is 2. The number of carboxylic acids is 1. The maximum Gasteiger partial charge on any atom is 0.326 e. The number of aryl methyl sites for hydroxylation is 1. The molecule has 0 spiro atoms. The van der Waals surface area contributed by atoms with E-state index in [-0.39, 0.29) is 18.7 Å². The van der Waals surface area contributed by atoms with E-state index in [0.29, 0.717) is 30.5 Å². The van der Waals surface area contributed by atoms with Crippen LogP contribution in [0.4, 0.5) is 0 Å². The van der Waals surface area contributed by atoms with Gasteiger partial charge in [-0.2, -0.15) is 4.98 Å². The van der Waals surface area contributed by atoms with Crippen LogP contribution in [-0.4, -0.2) is 33.2 Å². The van der Waals surface area contributed by atoms with Gasteiger partial charge in [0.2, 0.25) is 17.6 Å². The van der Waals surface area contributed by atoms with Gasteiger partial charge in [-0.1, -0.05) is 49.3 Å². The molecule has 1 atom stereocenters. The van der Waals surface area contributed by atoms with Crippen LogP contribution in [0.1, 0.15) is 50.5 Å². The number of hydrogen-bond donors (Lipinski definition) is 2. The SMILES string of the molecule is C=CCCC(NC(=O)CCc1nc(-c2ccc(C(C)C)cc2)no1)C(=O)O. The number of carbonyl (C=O) groups is 2. The van der Waals surface area contributed by atoms with E-state index in [4.69, 9.17) is 9.63 Å². The predicted octanol–water partition coefficient (Wildman–Crippen LogP) is 3.33. The highest BCUT2D eigenvalue weighted by atomic mass is 16.5. The van der Waals surface area contributed by atoms with Crippen molar-refractivity contribution >= 4 is 11.9 Å². The van der Waals surface area contributed by atoms with Gasteiger partial charge in [0.25, 0.3) is 0 Å². The quantitative estimate of drug-likeness (QED) is 0.621. The van der Waals surface area contributed by atoms with Crippen molar-refractivity contribution in [3.8, 4) is 11.4 Å². The van der Waals surface area contributed by atoms with Crippen molar-refractivity contribution in [1.82, 2.24) is 15.5 Å². The average Bonchev–Trinajstić information content (AvgIpc) is 3.12. The first-order valence-electron chi connectivity index (χ1n) is 8.96. The summed E-state index contributed by atoms with van der Waals surface area (Å²) in [6, 6.07) is 7.01. The Kier molecular flexibility index (Phi) is 7.28. The first-order chi connectivity index (χ1) is 12.9. The molecular formula is C20H25N3O4. The van der Waals surface area contributed by atoms with Gasteiger partial charge in [0.15, 0.2) is 0 Å². The minimum absolute atomic E-state index is 0.0752. The summed E-state index contributed by atoms with van der Waals surface area (Å²) in [5, 5.41) is 15.6. The van der Waals surface area contributed by atoms with Crippen molar-refractivity contribution < 1.29 is 19.2 Å². The maximum absolute atomic E-state index is 12.0. The summed E-state index contributed by atoms with van der Waals surface area (Å²) >= 11 is 0. The third-order valence-corrected chi connectivity index (χ3v) is 4.16. The molecule has 0 aliphatic heterocycles. The molecule has 2 rings (SSSR count). The molecule has 0 aliphatic carbocycles. The van der Waals surface area contributed by atoms with Crippen molar-refractivity contribution in [2.45, 2.75) is 51.5 Å². The molecule has 0 saturated heterocycles. The number of hydrogen-bond acceptors (Lipinski definition) is 5. The fraction of sp³-hybridized carbons (Fsp3) is 0.400. The predicted molar refractivity (Wildman–Crippen MR) is 101 cm³/mol. The van der Waals surface area contributed by atoms with Gasteiger partial charge in [0.1, 0.15) is 6.04 Å². The molecule has 1 heterocycles. The number of allylic oxidation sites excluding steroid dienone is 1. The molecule has 0 fully saturated rings. The second-order valence-corrected chi connectivity index (χ2v) is 6.61. The number of nitrogens with zero attached hydrogens (tertiary/aromatic N) is 2. The highest BCUT2D eigenvalue weighted by Crippen LogP contribution is 2.20. The average molecular weight is 371 g/mol. The summed E-state index contributed by atoms with van der Waals surface area (Å²) in [6.45, 7) is 7.80. The van der Waals surface area contributed by atoms with E-state index >= 15 is 0 Å². The molecule has 0 radical (unpaired) electrons. The fourth-order valence-electron chi connectivity index (χ4n) is 2.52. The molecule has 1 aromatic carbocycles. The molecule has 1 aromatic heterocycles. The minimum atomic E-state index is -1.06. The third-order valence-electron chi connectivity index (χ3n) is 4.16. The lowest BCUT2D eigenvalue weighted by Crippen LogP contribution is -2.40. The normalized spacial score (nSPS) is 12.0. The molecule has 1 amide bonds. The molecule has 2 N–H and O–H groups in total. The lowest BCUT2D eigenvalue weighted by Gasteiger charge is -2.12. The number of rotatable bonds is 10. The number of nitrogens with one attached hydrogen (secondary N) is 1.